The molecule has 0 aromatic heterocycles. The Kier molecular flexibility index (Phi) is 6.29. The second-order valence-electron chi connectivity index (χ2n) is 4.60. The minimum absolute atomic E-state index is 0. The monoisotopic (exact) mass is 305 g/mol. The van der Waals surface area contributed by atoms with Gasteiger partial charge in [0.15, 0.2) is 0 Å². The van der Waals surface area contributed by atoms with Crippen LogP contribution in [0.1, 0.15) is 24.2 Å². The lowest BCUT2D eigenvalue weighted by molar-refractivity contribution is -0.123. The molecule has 19 heavy (non-hydrogen) atoms. The Labute approximate surface area is 123 Å². The van der Waals surface area contributed by atoms with Crippen molar-refractivity contribution >= 4 is 41.5 Å². The van der Waals surface area contributed by atoms with Gasteiger partial charge in [0, 0.05) is 12.2 Å². The van der Waals surface area contributed by atoms with Gasteiger partial charge in [0.2, 0.25) is 11.8 Å². The van der Waals surface area contributed by atoms with Crippen molar-refractivity contribution in [2.45, 2.75) is 13.8 Å². The number of benzene rings is 1. The topological polar surface area (TPSA) is 98.2 Å². The molecule has 0 heterocycles. The second-order valence-corrected chi connectivity index (χ2v) is 5.01. The van der Waals surface area contributed by atoms with Gasteiger partial charge >= 0.3 is 0 Å². The van der Waals surface area contributed by atoms with Gasteiger partial charge in [-0.1, -0.05) is 11.6 Å². The van der Waals surface area contributed by atoms with Crippen molar-refractivity contribution in [2.24, 2.45) is 16.9 Å². The first-order valence-corrected chi connectivity index (χ1v) is 5.76. The number of nitrogens with one attached hydrogen (secondary N) is 1. The normalized spacial score (nSPS) is 10.5. The SMILES string of the molecule is CC(C)(CN)C(=O)Nc1ccc(Cl)c(C(N)=O)c1.Cl. The van der Waals surface area contributed by atoms with Gasteiger partial charge in [-0.3, -0.25) is 9.59 Å². The fourth-order valence-corrected chi connectivity index (χ4v) is 1.40. The second kappa shape index (κ2) is 6.75. The number of rotatable bonds is 4. The van der Waals surface area contributed by atoms with Crippen molar-refractivity contribution in [1.29, 1.82) is 0 Å². The molecule has 0 unspecified atom stereocenters. The lowest BCUT2D eigenvalue weighted by Gasteiger charge is -2.21. The Morgan fingerprint density at radius 1 is 1.37 bits per heavy atom. The van der Waals surface area contributed by atoms with Crippen LogP contribution in [0.15, 0.2) is 18.2 Å². The van der Waals surface area contributed by atoms with Gasteiger partial charge < -0.3 is 16.8 Å². The number of anilines is 1. The van der Waals surface area contributed by atoms with Crippen molar-refractivity contribution in [3.63, 3.8) is 0 Å². The van der Waals surface area contributed by atoms with Gasteiger partial charge in [-0.05, 0) is 32.0 Å². The fraction of sp³-hybridized carbons (Fsp3) is 0.333. The van der Waals surface area contributed by atoms with Crippen LogP contribution in [0.2, 0.25) is 5.02 Å². The van der Waals surface area contributed by atoms with Gasteiger partial charge in [0.05, 0.1) is 16.0 Å². The minimum atomic E-state index is -0.688. The van der Waals surface area contributed by atoms with Crippen molar-refractivity contribution in [2.75, 3.05) is 11.9 Å². The summed E-state index contributed by atoms with van der Waals surface area (Å²) >= 11 is 5.81. The molecule has 0 aliphatic rings. The van der Waals surface area contributed by atoms with E-state index in [4.69, 9.17) is 23.1 Å². The molecule has 1 rings (SSSR count). The molecule has 0 bridgehead atoms. The molecule has 7 heteroatoms. The molecule has 0 saturated carbocycles. The first-order valence-electron chi connectivity index (χ1n) is 5.39. The van der Waals surface area contributed by atoms with E-state index in [0.29, 0.717) is 5.69 Å². The summed E-state index contributed by atoms with van der Waals surface area (Å²) in [4.78, 5) is 23.0. The Morgan fingerprint density at radius 3 is 2.42 bits per heavy atom. The van der Waals surface area contributed by atoms with Crippen LogP contribution < -0.4 is 16.8 Å². The van der Waals surface area contributed by atoms with E-state index in [-0.39, 0.29) is 35.4 Å². The van der Waals surface area contributed by atoms with E-state index >= 15 is 0 Å². The number of hydrogen-bond donors (Lipinski definition) is 3. The van der Waals surface area contributed by atoms with Crippen LogP contribution in [0, 0.1) is 5.41 Å². The molecular formula is C12H17Cl2N3O2. The fourth-order valence-electron chi connectivity index (χ4n) is 1.18. The van der Waals surface area contributed by atoms with E-state index in [1.165, 1.54) is 12.1 Å². The quantitative estimate of drug-likeness (QED) is 0.790. The third-order valence-electron chi connectivity index (χ3n) is 2.61. The number of nitrogens with two attached hydrogens (primary N) is 2. The Balaban J connectivity index is 0.00000324. The van der Waals surface area contributed by atoms with Crippen LogP contribution >= 0.6 is 24.0 Å². The highest BCUT2D eigenvalue weighted by atomic mass is 35.5. The molecule has 0 saturated heterocycles. The van der Waals surface area contributed by atoms with Crippen molar-refractivity contribution < 1.29 is 9.59 Å². The van der Waals surface area contributed by atoms with Gasteiger partial charge in [0.1, 0.15) is 0 Å². The Bertz CT molecular complexity index is 490. The summed E-state index contributed by atoms with van der Waals surface area (Å²) in [5, 5.41) is 2.92. The number of amides is 2. The smallest absolute Gasteiger partial charge is 0.250 e. The molecule has 2 amide bonds. The standard InChI is InChI=1S/C12H16ClN3O2.ClH/c1-12(2,6-14)11(18)16-7-3-4-9(13)8(5-7)10(15)17;/h3-5H,6,14H2,1-2H3,(H2,15,17)(H,16,18);1H. The van der Waals surface area contributed by atoms with E-state index in [2.05, 4.69) is 5.32 Å². The van der Waals surface area contributed by atoms with E-state index in [9.17, 15) is 9.59 Å². The molecule has 0 spiro atoms. The number of carbonyl (C=O) groups is 2. The minimum Gasteiger partial charge on any atom is -0.366 e. The van der Waals surface area contributed by atoms with Gasteiger partial charge in [-0.25, -0.2) is 0 Å². The maximum atomic E-state index is 11.9. The van der Waals surface area contributed by atoms with Crippen molar-refractivity contribution in [3.05, 3.63) is 28.8 Å². The zero-order chi connectivity index (χ0) is 13.9. The van der Waals surface area contributed by atoms with E-state index in [0.717, 1.165) is 0 Å². The highest BCUT2D eigenvalue weighted by Gasteiger charge is 2.25. The highest BCUT2D eigenvalue weighted by molar-refractivity contribution is 6.34. The van der Waals surface area contributed by atoms with Crippen LogP contribution in [-0.4, -0.2) is 18.4 Å². The summed E-state index contributed by atoms with van der Waals surface area (Å²) in [7, 11) is 0. The van der Waals surface area contributed by atoms with Crippen LogP contribution in [0.4, 0.5) is 5.69 Å². The Hall–Kier alpha value is -1.30. The van der Waals surface area contributed by atoms with Gasteiger partial charge in [0.25, 0.3) is 0 Å². The molecule has 1 aromatic carbocycles. The highest BCUT2D eigenvalue weighted by Crippen LogP contribution is 2.22. The van der Waals surface area contributed by atoms with Crippen molar-refractivity contribution in [3.8, 4) is 0 Å². The molecule has 0 aliphatic heterocycles. The summed E-state index contributed by atoms with van der Waals surface area (Å²) < 4.78 is 0. The van der Waals surface area contributed by atoms with Crippen LogP contribution in [-0.2, 0) is 4.79 Å². The molecular weight excluding hydrogens is 289 g/mol. The van der Waals surface area contributed by atoms with Crippen molar-refractivity contribution in [1.82, 2.24) is 0 Å². The largest absolute Gasteiger partial charge is 0.366 e. The van der Waals surface area contributed by atoms with E-state index in [1.807, 2.05) is 0 Å². The maximum Gasteiger partial charge on any atom is 0.250 e. The first-order chi connectivity index (χ1) is 8.27. The average Bonchev–Trinajstić information content (AvgIpc) is 2.31. The zero-order valence-electron chi connectivity index (χ0n) is 10.7. The molecule has 0 atom stereocenters. The summed E-state index contributed by atoms with van der Waals surface area (Å²) in [5.41, 5.74) is 10.6. The Morgan fingerprint density at radius 2 is 1.95 bits per heavy atom. The molecule has 1 aromatic rings. The number of hydrogen-bond acceptors (Lipinski definition) is 3. The number of halogens is 2. The maximum absolute atomic E-state index is 11.9. The van der Waals surface area contributed by atoms with Crippen LogP contribution in [0.25, 0.3) is 0 Å². The van der Waals surface area contributed by atoms with E-state index in [1.54, 1.807) is 19.9 Å². The van der Waals surface area contributed by atoms with Gasteiger partial charge in [-0.15, -0.1) is 12.4 Å². The first kappa shape index (κ1) is 17.7. The third-order valence-corrected chi connectivity index (χ3v) is 2.94. The number of primary amides is 1. The summed E-state index contributed by atoms with van der Waals surface area (Å²) in [6.07, 6.45) is 0. The predicted molar refractivity (Wildman–Crippen MR) is 78.7 cm³/mol. The summed E-state index contributed by atoms with van der Waals surface area (Å²) in [6.45, 7) is 3.68. The van der Waals surface area contributed by atoms with Crippen LogP contribution in [0.5, 0.6) is 0 Å². The predicted octanol–water partition coefficient (Wildman–Crippen LogP) is 1.78. The molecule has 5 nitrogen and oxygen atoms in total. The molecule has 0 aliphatic carbocycles. The van der Waals surface area contributed by atoms with Gasteiger partial charge in [-0.2, -0.15) is 0 Å². The molecule has 106 valence electrons. The number of carbonyl (C=O) groups excluding carboxylic acids is 2. The molecule has 0 radical (unpaired) electrons. The van der Waals surface area contributed by atoms with E-state index < -0.39 is 11.3 Å². The van der Waals surface area contributed by atoms with Crippen LogP contribution in [0.3, 0.4) is 0 Å². The molecule has 5 N–H and O–H groups in total. The summed E-state index contributed by atoms with van der Waals surface area (Å²) in [6, 6.07) is 4.54. The average molecular weight is 306 g/mol. The summed E-state index contributed by atoms with van der Waals surface area (Å²) in [5.74, 6) is -0.878. The molecule has 0 fully saturated rings. The zero-order valence-corrected chi connectivity index (χ0v) is 12.3. The lowest BCUT2D eigenvalue weighted by atomic mass is 9.92. The lowest BCUT2D eigenvalue weighted by Crippen LogP contribution is -2.37. The third kappa shape index (κ3) is 4.38.